The summed E-state index contributed by atoms with van der Waals surface area (Å²) in [7, 11) is 1.52. The zero-order chi connectivity index (χ0) is 14.8. The first kappa shape index (κ1) is 15.8. The van der Waals surface area contributed by atoms with Gasteiger partial charge in [-0.2, -0.15) is 0 Å². The Morgan fingerprint density at radius 3 is 2.50 bits per heavy atom. The van der Waals surface area contributed by atoms with E-state index in [4.69, 9.17) is 15.4 Å². The SMILES string of the molecule is O=S(=O)(Cl)c1ccc(OCc2ccc(Br)cn2)c(Br)c1. The minimum Gasteiger partial charge on any atom is -0.486 e. The quantitative estimate of drug-likeness (QED) is 0.670. The highest BCUT2D eigenvalue weighted by atomic mass is 79.9. The van der Waals surface area contributed by atoms with E-state index in [-0.39, 0.29) is 11.5 Å². The molecule has 0 radical (unpaired) electrons. The molecule has 0 saturated carbocycles. The maximum Gasteiger partial charge on any atom is 0.261 e. The van der Waals surface area contributed by atoms with Gasteiger partial charge < -0.3 is 4.74 Å². The molecule has 0 fully saturated rings. The highest BCUT2D eigenvalue weighted by Gasteiger charge is 2.12. The molecule has 8 heteroatoms. The van der Waals surface area contributed by atoms with Crippen LogP contribution in [-0.4, -0.2) is 13.4 Å². The van der Waals surface area contributed by atoms with Crippen molar-refractivity contribution in [3.8, 4) is 5.75 Å². The van der Waals surface area contributed by atoms with Crippen molar-refractivity contribution in [2.75, 3.05) is 0 Å². The number of nitrogens with zero attached hydrogens (tertiary/aromatic N) is 1. The number of benzene rings is 1. The predicted octanol–water partition coefficient (Wildman–Crippen LogP) is 4.11. The molecule has 1 heterocycles. The predicted molar refractivity (Wildman–Crippen MR) is 83.4 cm³/mol. The minimum absolute atomic E-state index is 0.0140. The molecular weight excluding hydrogens is 433 g/mol. The van der Waals surface area contributed by atoms with Crippen molar-refractivity contribution in [1.82, 2.24) is 4.98 Å². The topological polar surface area (TPSA) is 56.3 Å². The highest BCUT2D eigenvalue weighted by molar-refractivity contribution is 9.10. The van der Waals surface area contributed by atoms with Crippen molar-refractivity contribution in [3.63, 3.8) is 0 Å². The number of pyridine rings is 1. The number of halogens is 3. The first-order valence-electron chi connectivity index (χ1n) is 5.34. The number of rotatable bonds is 4. The summed E-state index contributed by atoms with van der Waals surface area (Å²) in [4.78, 5) is 4.19. The van der Waals surface area contributed by atoms with Crippen molar-refractivity contribution in [1.29, 1.82) is 0 Å². The summed E-state index contributed by atoms with van der Waals surface area (Å²) in [5.74, 6) is 0.513. The number of aromatic nitrogens is 1. The second kappa shape index (κ2) is 6.43. The molecule has 0 atom stereocenters. The zero-order valence-corrected chi connectivity index (χ0v) is 14.6. The van der Waals surface area contributed by atoms with Gasteiger partial charge in [-0.3, -0.25) is 4.98 Å². The second-order valence-electron chi connectivity index (χ2n) is 3.79. The lowest BCUT2D eigenvalue weighted by molar-refractivity contribution is 0.299. The van der Waals surface area contributed by atoms with Crippen LogP contribution in [0, 0.1) is 0 Å². The van der Waals surface area contributed by atoms with Gasteiger partial charge in [0.25, 0.3) is 9.05 Å². The fourth-order valence-electron chi connectivity index (χ4n) is 1.39. The molecule has 4 nitrogen and oxygen atoms in total. The van der Waals surface area contributed by atoms with E-state index in [9.17, 15) is 8.42 Å². The van der Waals surface area contributed by atoms with Gasteiger partial charge in [0.05, 0.1) is 15.1 Å². The van der Waals surface area contributed by atoms with Gasteiger partial charge in [-0.25, -0.2) is 8.42 Å². The number of ether oxygens (including phenoxy) is 1. The lowest BCUT2D eigenvalue weighted by atomic mass is 10.3. The smallest absolute Gasteiger partial charge is 0.261 e. The standard InChI is InChI=1S/C12H8Br2ClNO3S/c13-8-1-2-9(16-6-8)7-19-12-4-3-10(5-11(12)14)20(15,17)18/h1-6H,7H2. The second-order valence-corrected chi connectivity index (χ2v) is 8.12. The Hall–Kier alpha value is -0.630. The molecule has 0 spiro atoms. The zero-order valence-electron chi connectivity index (χ0n) is 9.89. The summed E-state index contributed by atoms with van der Waals surface area (Å²) in [6.07, 6.45) is 1.68. The Labute approximate surface area is 137 Å². The van der Waals surface area contributed by atoms with Crippen LogP contribution in [0.15, 0.2) is 50.4 Å². The summed E-state index contributed by atoms with van der Waals surface area (Å²) < 4.78 is 29.4. The van der Waals surface area contributed by atoms with Crippen LogP contribution in [0.5, 0.6) is 5.75 Å². The van der Waals surface area contributed by atoms with Crippen molar-refractivity contribution in [2.45, 2.75) is 11.5 Å². The molecule has 0 bridgehead atoms. The number of hydrogen-bond donors (Lipinski definition) is 0. The third kappa shape index (κ3) is 4.18. The van der Waals surface area contributed by atoms with Crippen molar-refractivity contribution >= 4 is 51.6 Å². The Morgan fingerprint density at radius 1 is 1.20 bits per heavy atom. The molecule has 0 unspecified atom stereocenters. The Balaban J connectivity index is 2.12. The third-order valence-electron chi connectivity index (χ3n) is 2.35. The summed E-state index contributed by atoms with van der Waals surface area (Å²) in [5, 5.41) is 0. The molecule has 1 aromatic heterocycles. The van der Waals surface area contributed by atoms with Crippen molar-refractivity contribution in [3.05, 3.63) is 51.2 Å². The van der Waals surface area contributed by atoms with Gasteiger partial charge in [0, 0.05) is 21.4 Å². The van der Waals surface area contributed by atoms with E-state index in [2.05, 4.69) is 36.8 Å². The molecule has 0 saturated heterocycles. The van der Waals surface area contributed by atoms with Crippen LogP contribution in [0.1, 0.15) is 5.69 Å². The van der Waals surface area contributed by atoms with E-state index in [1.54, 1.807) is 6.20 Å². The average Bonchev–Trinajstić information content (AvgIpc) is 2.38. The van der Waals surface area contributed by atoms with E-state index in [0.29, 0.717) is 10.2 Å². The van der Waals surface area contributed by atoms with E-state index >= 15 is 0 Å². The summed E-state index contributed by atoms with van der Waals surface area (Å²) in [6, 6.07) is 8.02. The highest BCUT2D eigenvalue weighted by Crippen LogP contribution is 2.29. The fraction of sp³-hybridized carbons (Fsp3) is 0.0833. The lowest BCUT2D eigenvalue weighted by Crippen LogP contribution is -1.99. The normalized spacial score (nSPS) is 11.3. The monoisotopic (exact) mass is 439 g/mol. The largest absolute Gasteiger partial charge is 0.486 e. The first-order valence-corrected chi connectivity index (χ1v) is 9.23. The average molecular weight is 442 g/mol. The molecule has 0 N–H and O–H groups in total. The van der Waals surface area contributed by atoms with Gasteiger partial charge in [0.15, 0.2) is 0 Å². The summed E-state index contributed by atoms with van der Waals surface area (Å²) in [5.41, 5.74) is 0.758. The van der Waals surface area contributed by atoms with Crippen LogP contribution < -0.4 is 4.74 Å². The summed E-state index contributed by atoms with van der Waals surface area (Å²) in [6.45, 7) is 0.277. The van der Waals surface area contributed by atoms with Gasteiger partial charge in [0.2, 0.25) is 0 Å². The van der Waals surface area contributed by atoms with Gasteiger partial charge in [-0.1, -0.05) is 0 Å². The van der Waals surface area contributed by atoms with Gasteiger partial charge in [-0.15, -0.1) is 0 Å². The number of hydrogen-bond acceptors (Lipinski definition) is 4. The Morgan fingerprint density at radius 2 is 1.95 bits per heavy atom. The third-order valence-corrected chi connectivity index (χ3v) is 4.79. The van der Waals surface area contributed by atoms with Crippen LogP contribution in [0.4, 0.5) is 0 Å². The summed E-state index contributed by atoms with van der Waals surface area (Å²) >= 11 is 6.55. The van der Waals surface area contributed by atoms with E-state index in [1.165, 1.54) is 18.2 Å². The van der Waals surface area contributed by atoms with Gasteiger partial charge in [0.1, 0.15) is 12.4 Å². The van der Waals surface area contributed by atoms with Crippen molar-refractivity contribution in [2.24, 2.45) is 0 Å². The minimum atomic E-state index is -3.74. The molecule has 2 aromatic rings. The molecule has 1 aromatic carbocycles. The first-order chi connectivity index (χ1) is 9.36. The molecular formula is C12H8Br2ClNO3S. The van der Waals surface area contributed by atoms with Crippen LogP contribution in [0.2, 0.25) is 0 Å². The van der Waals surface area contributed by atoms with Crippen LogP contribution in [-0.2, 0) is 15.7 Å². The molecule has 0 aliphatic rings. The van der Waals surface area contributed by atoms with Gasteiger partial charge >= 0.3 is 0 Å². The molecule has 0 amide bonds. The van der Waals surface area contributed by atoms with Crippen LogP contribution in [0.25, 0.3) is 0 Å². The van der Waals surface area contributed by atoms with Crippen molar-refractivity contribution < 1.29 is 13.2 Å². The van der Waals surface area contributed by atoms with E-state index in [0.717, 1.165) is 10.2 Å². The molecule has 106 valence electrons. The lowest BCUT2D eigenvalue weighted by Gasteiger charge is -2.08. The molecule has 0 aliphatic carbocycles. The van der Waals surface area contributed by atoms with E-state index < -0.39 is 9.05 Å². The van der Waals surface area contributed by atoms with Gasteiger partial charge in [-0.05, 0) is 62.2 Å². The Kier molecular flexibility index (Phi) is 5.06. The fourth-order valence-corrected chi connectivity index (χ4v) is 3.05. The van der Waals surface area contributed by atoms with Crippen LogP contribution >= 0.6 is 42.5 Å². The maximum atomic E-state index is 11.2. The molecule has 0 aliphatic heterocycles. The maximum absolute atomic E-state index is 11.2. The van der Waals surface area contributed by atoms with Crippen LogP contribution in [0.3, 0.4) is 0 Å². The Bertz CT molecular complexity index is 720. The molecule has 20 heavy (non-hydrogen) atoms. The molecule has 2 rings (SSSR count). The van der Waals surface area contributed by atoms with E-state index in [1.807, 2.05) is 12.1 Å².